The molecule has 5 heteroatoms. The van der Waals surface area contributed by atoms with Gasteiger partial charge in [-0.15, -0.1) is 11.8 Å². The Labute approximate surface area is 209 Å². The van der Waals surface area contributed by atoms with Gasteiger partial charge < -0.3 is 5.11 Å². The quantitative estimate of drug-likeness (QED) is 0.137. The normalized spacial score (nSPS) is 27.7. The Morgan fingerprint density at radius 1 is 1.22 bits per heavy atom. The maximum Gasteiger partial charge on any atom is 0.139 e. The van der Waals surface area contributed by atoms with E-state index in [1.807, 2.05) is 17.8 Å². The molecular formula is C22H29I3OS. The summed E-state index contributed by atoms with van der Waals surface area (Å²) in [6, 6.07) is 4.43. The van der Waals surface area contributed by atoms with Crippen LogP contribution in [-0.4, -0.2) is 9.29 Å². The van der Waals surface area contributed by atoms with E-state index in [4.69, 9.17) is 0 Å². The molecule has 1 unspecified atom stereocenters. The van der Waals surface area contributed by atoms with E-state index in [-0.39, 0.29) is 4.18 Å². The number of alkyl halides is 3. The summed E-state index contributed by atoms with van der Waals surface area (Å²) in [6.07, 6.45) is 10.8. The molecule has 150 valence electrons. The van der Waals surface area contributed by atoms with Gasteiger partial charge in [-0.3, -0.25) is 0 Å². The van der Waals surface area contributed by atoms with Crippen molar-refractivity contribution in [2.24, 2.45) is 5.92 Å². The third-order valence-corrected chi connectivity index (χ3v) is 12.3. The van der Waals surface area contributed by atoms with Gasteiger partial charge in [-0.25, -0.2) is 0 Å². The van der Waals surface area contributed by atoms with Gasteiger partial charge in [0.05, 0.1) is 4.75 Å². The Morgan fingerprint density at radius 2 is 1.96 bits per heavy atom. The number of fused-ring (bicyclic) bond motifs is 3. The maximum absolute atomic E-state index is 11.0. The fourth-order valence-corrected chi connectivity index (χ4v) is 8.29. The number of aryl methyl sites for hydroxylation is 1. The average Bonchev–Trinajstić information content (AvgIpc) is 2.60. The number of halogens is 3. The molecule has 0 spiro atoms. The van der Waals surface area contributed by atoms with Gasteiger partial charge in [0, 0.05) is 16.4 Å². The van der Waals surface area contributed by atoms with Crippen molar-refractivity contribution in [3.8, 4) is 5.75 Å². The summed E-state index contributed by atoms with van der Waals surface area (Å²) in [7, 11) is 0. The highest BCUT2D eigenvalue weighted by molar-refractivity contribution is 14.3. The molecule has 0 saturated heterocycles. The molecule has 1 N–H and O–H groups in total. The molecule has 1 aliphatic carbocycles. The fourth-order valence-electron chi connectivity index (χ4n) is 4.55. The first-order chi connectivity index (χ1) is 12.7. The summed E-state index contributed by atoms with van der Waals surface area (Å²) in [6.45, 7) is 6.96. The third-order valence-electron chi connectivity index (χ3n) is 6.25. The summed E-state index contributed by atoms with van der Waals surface area (Å²) in [5.74, 6) is 1.43. The van der Waals surface area contributed by atoms with Crippen LogP contribution in [0.3, 0.4) is 0 Å². The van der Waals surface area contributed by atoms with Gasteiger partial charge in [-0.1, -0.05) is 106 Å². The lowest BCUT2D eigenvalue weighted by Crippen LogP contribution is -2.48. The van der Waals surface area contributed by atoms with E-state index in [1.54, 1.807) is 5.57 Å². The van der Waals surface area contributed by atoms with Gasteiger partial charge in [-0.05, 0) is 62.6 Å². The molecule has 0 amide bonds. The van der Waals surface area contributed by atoms with Crippen LogP contribution in [0.5, 0.6) is 5.75 Å². The zero-order valence-corrected chi connectivity index (χ0v) is 23.6. The van der Waals surface area contributed by atoms with Crippen LogP contribution in [0.25, 0.3) is 0 Å². The lowest BCUT2D eigenvalue weighted by atomic mass is 9.70. The molecular weight excluding hydrogens is 693 g/mol. The predicted octanol–water partition coefficient (Wildman–Crippen LogP) is 8.78. The first kappa shape index (κ1) is 23.0. The largest absolute Gasteiger partial charge is 0.508 e. The Morgan fingerprint density at radius 3 is 2.59 bits per heavy atom. The van der Waals surface area contributed by atoms with Crippen molar-refractivity contribution in [1.29, 1.82) is 0 Å². The van der Waals surface area contributed by atoms with Crippen molar-refractivity contribution in [2.45, 2.75) is 80.7 Å². The number of hydrogen-bond acceptors (Lipinski definition) is 2. The zero-order valence-electron chi connectivity index (χ0n) is 16.3. The van der Waals surface area contributed by atoms with Crippen molar-refractivity contribution in [3.63, 3.8) is 0 Å². The maximum atomic E-state index is 11.0. The lowest BCUT2D eigenvalue weighted by molar-refractivity contribution is 0.326. The number of unbranched alkanes of at least 4 members (excludes halogenated alkanes) is 2. The summed E-state index contributed by atoms with van der Waals surface area (Å²) in [5, 5.41) is 11.0. The van der Waals surface area contributed by atoms with Crippen LogP contribution in [-0.2, 0) is 6.42 Å². The van der Waals surface area contributed by atoms with Gasteiger partial charge in [0.2, 0.25) is 0 Å². The molecule has 0 radical (unpaired) electrons. The Kier molecular flexibility index (Phi) is 7.83. The smallest absolute Gasteiger partial charge is 0.139 e. The van der Waals surface area contributed by atoms with Gasteiger partial charge >= 0.3 is 0 Å². The van der Waals surface area contributed by atoms with Crippen LogP contribution in [0.2, 0.25) is 0 Å². The second kappa shape index (κ2) is 9.20. The molecule has 1 heterocycles. The number of phenolic OH excluding ortho intramolecular Hbond substituents is 1. The number of phenols is 1. The molecule has 3 atom stereocenters. The first-order valence-corrected chi connectivity index (χ1v) is 14.1. The molecule has 1 aromatic rings. The summed E-state index contributed by atoms with van der Waals surface area (Å²) >= 11 is 9.90. The van der Waals surface area contributed by atoms with Crippen LogP contribution in [0.15, 0.2) is 28.7 Å². The number of benzene rings is 1. The van der Waals surface area contributed by atoms with Crippen molar-refractivity contribution >= 4 is 79.5 Å². The second-order valence-electron chi connectivity index (χ2n) is 8.04. The molecule has 0 bridgehead atoms. The van der Waals surface area contributed by atoms with Crippen LogP contribution in [0.1, 0.15) is 76.3 Å². The van der Waals surface area contributed by atoms with Crippen molar-refractivity contribution in [3.05, 3.63) is 34.9 Å². The highest BCUT2D eigenvalue weighted by Crippen LogP contribution is 2.66. The topological polar surface area (TPSA) is 20.2 Å². The molecule has 0 fully saturated rings. The molecule has 2 aliphatic rings. The van der Waals surface area contributed by atoms with Crippen LogP contribution < -0.4 is 0 Å². The van der Waals surface area contributed by atoms with Crippen LogP contribution in [0.4, 0.5) is 0 Å². The Bertz CT molecular complexity index is 725. The van der Waals surface area contributed by atoms with E-state index in [9.17, 15) is 5.11 Å². The van der Waals surface area contributed by atoms with Gasteiger partial charge in [0.15, 0.2) is 0 Å². The minimum Gasteiger partial charge on any atom is -0.508 e. The molecule has 0 saturated carbocycles. The summed E-state index contributed by atoms with van der Waals surface area (Å²) in [4.78, 5) is 1.31. The molecule has 0 aromatic heterocycles. The summed E-state index contributed by atoms with van der Waals surface area (Å²) < 4.78 is 0.257. The predicted molar refractivity (Wildman–Crippen MR) is 144 cm³/mol. The number of allylic oxidation sites excluding steroid dienone is 2. The van der Waals surface area contributed by atoms with Crippen LogP contribution >= 0.6 is 79.5 Å². The zero-order chi connectivity index (χ0) is 19.8. The van der Waals surface area contributed by atoms with E-state index >= 15 is 0 Å². The average molecular weight is 722 g/mol. The number of rotatable bonds is 6. The third kappa shape index (κ3) is 4.65. The number of aromatic hydroxyl groups is 1. The van der Waals surface area contributed by atoms with Crippen LogP contribution in [0, 0.1) is 5.92 Å². The molecule has 3 rings (SSSR count). The van der Waals surface area contributed by atoms with Crippen molar-refractivity contribution < 1.29 is 5.11 Å². The van der Waals surface area contributed by atoms with Gasteiger partial charge in [0.1, 0.15) is 5.18 Å². The highest BCUT2D eigenvalue weighted by atomic mass is 127. The van der Waals surface area contributed by atoms with E-state index in [0.717, 1.165) is 12.8 Å². The second-order valence-corrected chi connectivity index (χ2v) is 20.6. The standard InChI is InChI=1S/C22H29I3OS/c1-4-6-7-8-15-12-18(26)20-16-11-14(5-2)9-10-17(16)21(3,22(23,24)25)27-19(20)13-15/h11-13,16-17,26H,4-10H2,1-3H3/t16-,17-,21?/m1/s1. The highest BCUT2D eigenvalue weighted by Gasteiger charge is 2.55. The van der Waals surface area contributed by atoms with E-state index in [2.05, 4.69) is 101 Å². The van der Waals surface area contributed by atoms with Gasteiger partial charge in [-0.2, -0.15) is 0 Å². The first-order valence-electron chi connectivity index (χ1n) is 10.0. The Balaban J connectivity index is 2.08. The Hall–Kier alpha value is 1.30. The lowest BCUT2D eigenvalue weighted by Gasteiger charge is -2.51. The van der Waals surface area contributed by atoms with E-state index in [1.165, 1.54) is 48.1 Å². The van der Waals surface area contributed by atoms with E-state index < -0.39 is 0 Å². The fraction of sp³-hybridized carbons (Fsp3) is 0.636. The SMILES string of the molecule is CCCCCc1cc(O)c2c(c1)SC(C)(C(I)(I)I)[C@@H]1CCC(CC)=C[C@@H]21. The monoisotopic (exact) mass is 722 g/mol. The minimum atomic E-state index is 0.122. The summed E-state index contributed by atoms with van der Waals surface area (Å²) in [5.41, 5.74) is 4.05. The molecule has 1 aliphatic heterocycles. The molecule has 27 heavy (non-hydrogen) atoms. The van der Waals surface area contributed by atoms with Crippen molar-refractivity contribution in [1.82, 2.24) is 0 Å². The van der Waals surface area contributed by atoms with Crippen molar-refractivity contribution in [2.75, 3.05) is 0 Å². The minimum absolute atomic E-state index is 0.122. The number of thioether (sulfide) groups is 1. The number of hydrogen-bond donors (Lipinski definition) is 1. The molecule has 1 aromatic carbocycles. The van der Waals surface area contributed by atoms with E-state index in [0.29, 0.717) is 17.6 Å². The molecule has 1 nitrogen and oxygen atoms in total. The van der Waals surface area contributed by atoms with Gasteiger partial charge in [0.25, 0.3) is 0 Å².